The maximum Gasteiger partial charge on any atom is 0.416 e. The van der Waals surface area contributed by atoms with Crippen molar-refractivity contribution in [2.75, 3.05) is 11.9 Å². The minimum absolute atomic E-state index is 0.197. The van der Waals surface area contributed by atoms with Gasteiger partial charge in [0.25, 0.3) is 5.69 Å². The Labute approximate surface area is 173 Å². The highest BCUT2D eigenvalue weighted by Crippen LogP contribution is 2.34. The first-order valence-electron chi connectivity index (χ1n) is 8.92. The number of anilines is 1. The molecule has 11 heteroatoms. The van der Waals surface area contributed by atoms with E-state index in [1.165, 1.54) is 0 Å². The number of alkyl halides is 3. The van der Waals surface area contributed by atoms with E-state index in [9.17, 15) is 28.1 Å². The molecule has 0 bridgehead atoms. The fourth-order valence-electron chi connectivity index (χ4n) is 2.64. The predicted octanol–water partition coefficient (Wildman–Crippen LogP) is 4.73. The van der Waals surface area contributed by atoms with Crippen LogP contribution in [0.1, 0.15) is 17.0 Å². The lowest BCUT2D eigenvalue weighted by atomic mass is 10.1. The largest absolute Gasteiger partial charge is 0.458 e. The summed E-state index contributed by atoms with van der Waals surface area (Å²) in [7, 11) is 0. The molecule has 0 atom stereocenters. The van der Waals surface area contributed by atoms with Crippen molar-refractivity contribution in [3.8, 4) is 11.5 Å². The van der Waals surface area contributed by atoms with Crippen molar-refractivity contribution in [1.29, 1.82) is 0 Å². The van der Waals surface area contributed by atoms with Gasteiger partial charge in [0, 0.05) is 11.6 Å². The molecule has 0 aliphatic carbocycles. The lowest BCUT2D eigenvalue weighted by Crippen LogP contribution is -2.18. The summed E-state index contributed by atoms with van der Waals surface area (Å²) in [4.78, 5) is 26.4. The molecule has 1 aromatic heterocycles. The number of carbonyl (C=O) groups is 1. The zero-order chi connectivity index (χ0) is 22.6. The molecular formula is C20H16F3N3O5. The van der Waals surface area contributed by atoms with E-state index >= 15 is 0 Å². The first-order valence-corrected chi connectivity index (χ1v) is 8.92. The Balaban J connectivity index is 1.61. The van der Waals surface area contributed by atoms with Gasteiger partial charge in [-0.15, -0.1) is 0 Å². The number of esters is 1. The fourth-order valence-corrected chi connectivity index (χ4v) is 2.64. The Kier molecular flexibility index (Phi) is 6.23. The monoisotopic (exact) mass is 435 g/mol. The SMILES string of the molecule is Cc1oc(-c2ccccc2)nc1COC(=O)CNc1ccc(C(F)(F)F)cc1[N+](=O)[O-]. The number of aryl methyl sites for hydroxylation is 1. The van der Waals surface area contributed by atoms with Crippen LogP contribution in [0.2, 0.25) is 0 Å². The fraction of sp³-hybridized carbons (Fsp3) is 0.200. The minimum atomic E-state index is -4.73. The van der Waals surface area contributed by atoms with Gasteiger partial charge >= 0.3 is 12.1 Å². The van der Waals surface area contributed by atoms with Crippen LogP contribution >= 0.6 is 0 Å². The van der Waals surface area contributed by atoms with Gasteiger partial charge in [0.2, 0.25) is 5.89 Å². The van der Waals surface area contributed by atoms with Crippen molar-refractivity contribution < 1.29 is 32.0 Å². The maximum absolute atomic E-state index is 12.8. The van der Waals surface area contributed by atoms with E-state index in [4.69, 9.17) is 9.15 Å². The molecule has 0 amide bonds. The van der Waals surface area contributed by atoms with Crippen molar-refractivity contribution in [1.82, 2.24) is 4.98 Å². The Hall–Kier alpha value is -3.89. The van der Waals surface area contributed by atoms with Crippen molar-refractivity contribution in [3.63, 3.8) is 0 Å². The number of hydrogen-bond acceptors (Lipinski definition) is 7. The van der Waals surface area contributed by atoms with Gasteiger partial charge in [-0.05, 0) is 31.2 Å². The second kappa shape index (κ2) is 8.86. The van der Waals surface area contributed by atoms with Gasteiger partial charge in [0.05, 0.1) is 10.5 Å². The molecule has 1 heterocycles. The second-order valence-corrected chi connectivity index (χ2v) is 6.39. The molecule has 2 aromatic carbocycles. The lowest BCUT2D eigenvalue weighted by Gasteiger charge is -2.10. The van der Waals surface area contributed by atoms with Crippen molar-refractivity contribution in [2.45, 2.75) is 19.7 Å². The predicted molar refractivity (Wildman–Crippen MR) is 103 cm³/mol. The third-order valence-electron chi connectivity index (χ3n) is 4.23. The van der Waals surface area contributed by atoms with Gasteiger partial charge in [0.15, 0.2) is 0 Å². The first-order chi connectivity index (χ1) is 14.6. The Morgan fingerprint density at radius 3 is 2.58 bits per heavy atom. The number of nitrogens with zero attached hydrogens (tertiary/aromatic N) is 2. The maximum atomic E-state index is 12.8. The number of benzene rings is 2. The van der Waals surface area contributed by atoms with Crippen molar-refractivity contribution in [2.24, 2.45) is 0 Å². The topological polar surface area (TPSA) is 108 Å². The first kappa shape index (κ1) is 21.8. The number of nitrogens with one attached hydrogen (secondary N) is 1. The summed E-state index contributed by atoms with van der Waals surface area (Å²) < 4.78 is 48.9. The third kappa shape index (κ3) is 5.38. The number of nitro benzene ring substituents is 1. The summed E-state index contributed by atoms with van der Waals surface area (Å²) in [5, 5.41) is 13.5. The molecule has 0 saturated heterocycles. The number of oxazole rings is 1. The van der Waals surface area contributed by atoms with Crippen molar-refractivity contribution >= 4 is 17.3 Å². The van der Waals surface area contributed by atoms with Crippen LogP contribution in [0.25, 0.3) is 11.5 Å². The number of nitro groups is 1. The molecule has 0 radical (unpaired) electrons. The van der Waals surface area contributed by atoms with Crippen LogP contribution in [0.4, 0.5) is 24.5 Å². The van der Waals surface area contributed by atoms with Crippen LogP contribution in [0.15, 0.2) is 52.9 Å². The average molecular weight is 435 g/mol. The Bertz CT molecular complexity index is 1100. The number of rotatable bonds is 7. The zero-order valence-electron chi connectivity index (χ0n) is 16.1. The van der Waals surface area contributed by atoms with Gasteiger partial charge in [-0.25, -0.2) is 4.98 Å². The summed E-state index contributed by atoms with van der Waals surface area (Å²) in [6, 6.07) is 11.1. The molecule has 0 spiro atoms. The van der Waals surface area contributed by atoms with E-state index in [1.807, 2.05) is 30.3 Å². The number of hydrogen-bond donors (Lipinski definition) is 1. The van der Waals surface area contributed by atoms with Crippen LogP contribution in [-0.2, 0) is 22.3 Å². The molecule has 0 aliphatic rings. The average Bonchev–Trinajstić information content (AvgIpc) is 3.11. The minimum Gasteiger partial charge on any atom is -0.458 e. The number of aromatic nitrogens is 1. The molecule has 8 nitrogen and oxygen atoms in total. The normalized spacial score (nSPS) is 11.2. The number of carbonyl (C=O) groups excluding carboxylic acids is 1. The van der Waals surface area contributed by atoms with Crippen LogP contribution in [-0.4, -0.2) is 22.4 Å². The quantitative estimate of drug-likeness (QED) is 0.325. The molecule has 3 rings (SSSR count). The van der Waals surface area contributed by atoms with E-state index in [1.54, 1.807) is 6.92 Å². The summed E-state index contributed by atoms with van der Waals surface area (Å²) in [5.74, 6) is 0.0403. The van der Waals surface area contributed by atoms with Crippen LogP contribution in [0, 0.1) is 17.0 Å². The summed E-state index contributed by atoms with van der Waals surface area (Å²) >= 11 is 0. The van der Waals surface area contributed by atoms with E-state index < -0.39 is 34.9 Å². The Morgan fingerprint density at radius 2 is 1.94 bits per heavy atom. The molecule has 0 unspecified atom stereocenters. The van der Waals surface area contributed by atoms with E-state index in [0.29, 0.717) is 29.5 Å². The van der Waals surface area contributed by atoms with Crippen LogP contribution in [0.5, 0.6) is 0 Å². The molecular weight excluding hydrogens is 419 g/mol. The Morgan fingerprint density at radius 1 is 1.23 bits per heavy atom. The van der Waals surface area contributed by atoms with E-state index in [0.717, 1.165) is 11.6 Å². The molecule has 1 N–H and O–H groups in total. The van der Waals surface area contributed by atoms with Gasteiger partial charge in [0.1, 0.15) is 30.3 Å². The highest BCUT2D eigenvalue weighted by Gasteiger charge is 2.33. The van der Waals surface area contributed by atoms with Gasteiger partial charge in [-0.1, -0.05) is 18.2 Å². The van der Waals surface area contributed by atoms with Crippen LogP contribution in [0.3, 0.4) is 0 Å². The van der Waals surface area contributed by atoms with Crippen molar-refractivity contribution in [3.05, 3.63) is 75.7 Å². The number of ether oxygens (including phenoxy) is 1. The molecule has 162 valence electrons. The number of halogens is 3. The molecule has 0 saturated carbocycles. The van der Waals surface area contributed by atoms with Gasteiger partial charge < -0.3 is 14.5 Å². The molecule has 0 fully saturated rings. The highest BCUT2D eigenvalue weighted by molar-refractivity contribution is 5.77. The van der Waals surface area contributed by atoms with E-state index in [-0.39, 0.29) is 12.3 Å². The van der Waals surface area contributed by atoms with Crippen LogP contribution < -0.4 is 5.32 Å². The van der Waals surface area contributed by atoms with Gasteiger partial charge in [-0.3, -0.25) is 14.9 Å². The summed E-state index contributed by atoms with van der Waals surface area (Å²) in [6.07, 6.45) is -4.73. The van der Waals surface area contributed by atoms with Gasteiger partial charge in [-0.2, -0.15) is 13.2 Å². The standard InChI is InChI=1S/C20H16F3N3O5/c1-12-16(25-19(31-12)13-5-3-2-4-6-13)11-30-18(27)10-24-15-8-7-14(20(21,22)23)9-17(15)26(28)29/h2-9,24H,10-11H2,1H3. The molecule has 0 aliphatic heterocycles. The summed E-state index contributed by atoms with van der Waals surface area (Å²) in [5.41, 5.74) is -1.06. The summed E-state index contributed by atoms with van der Waals surface area (Å²) in [6.45, 7) is 0.971. The second-order valence-electron chi connectivity index (χ2n) is 6.39. The molecule has 3 aromatic rings. The third-order valence-corrected chi connectivity index (χ3v) is 4.23. The molecule has 31 heavy (non-hydrogen) atoms. The lowest BCUT2D eigenvalue weighted by molar-refractivity contribution is -0.384. The highest BCUT2D eigenvalue weighted by atomic mass is 19.4. The zero-order valence-corrected chi connectivity index (χ0v) is 16.1. The van der Waals surface area contributed by atoms with E-state index in [2.05, 4.69) is 10.3 Å². The smallest absolute Gasteiger partial charge is 0.416 e.